The van der Waals surface area contributed by atoms with Gasteiger partial charge < -0.3 is 9.84 Å². The molecule has 11 heteroatoms. The zero-order chi connectivity index (χ0) is 17.9. The molecule has 0 atom stereocenters. The maximum absolute atomic E-state index is 11.9. The van der Waals surface area contributed by atoms with E-state index in [1.807, 2.05) is 16.8 Å². The Kier molecular flexibility index (Phi) is 5.27. The molecular weight excluding hydrogens is 384 g/mol. The molecule has 0 spiro atoms. The normalized spacial score (nSPS) is 11.6. The molecule has 0 saturated heterocycles. The fourth-order valence-electron chi connectivity index (χ4n) is 1.97. The lowest BCUT2D eigenvalue weighted by Gasteiger charge is -2.01. The van der Waals surface area contributed by atoms with Gasteiger partial charge in [-0.15, -0.1) is 11.3 Å². The van der Waals surface area contributed by atoms with Gasteiger partial charge in [0.15, 0.2) is 0 Å². The minimum Gasteiger partial charge on any atom is -0.351 e. The van der Waals surface area contributed by atoms with E-state index in [1.54, 1.807) is 6.07 Å². The van der Waals surface area contributed by atoms with Crippen molar-refractivity contribution in [3.8, 4) is 11.4 Å². The molecule has 132 valence electrons. The number of nitrogens with two attached hydrogens (primary N) is 1. The number of hydrogen-bond donors (Lipinski definition) is 2. The van der Waals surface area contributed by atoms with Gasteiger partial charge in [0.1, 0.15) is 4.21 Å². The van der Waals surface area contributed by atoms with Crippen LogP contribution >= 0.6 is 22.7 Å². The van der Waals surface area contributed by atoms with Crippen molar-refractivity contribution in [2.45, 2.75) is 23.6 Å². The summed E-state index contributed by atoms with van der Waals surface area (Å²) in [6.45, 7) is 0.239. The fraction of sp³-hybridized carbons (Fsp3) is 0.214. The molecule has 25 heavy (non-hydrogen) atoms. The summed E-state index contributed by atoms with van der Waals surface area (Å²) in [7, 11) is -3.70. The molecule has 8 nitrogen and oxygen atoms in total. The van der Waals surface area contributed by atoms with Gasteiger partial charge in [-0.05, 0) is 23.6 Å². The van der Waals surface area contributed by atoms with E-state index in [0.29, 0.717) is 23.0 Å². The van der Waals surface area contributed by atoms with Crippen LogP contribution in [-0.4, -0.2) is 24.5 Å². The molecule has 0 aliphatic heterocycles. The van der Waals surface area contributed by atoms with Crippen LogP contribution in [0.3, 0.4) is 0 Å². The van der Waals surface area contributed by atoms with Crippen molar-refractivity contribution in [3.05, 3.63) is 39.7 Å². The van der Waals surface area contributed by atoms with E-state index in [2.05, 4.69) is 15.5 Å². The van der Waals surface area contributed by atoms with Crippen LogP contribution in [0, 0.1) is 0 Å². The van der Waals surface area contributed by atoms with Gasteiger partial charge in [-0.3, -0.25) is 4.79 Å². The summed E-state index contributed by atoms with van der Waals surface area (Å²) in [5, 5.41) is 15.5. The van der Waals surface area contributed by atoms with Crippen LogP contribution in [0.5, 0.6) is 0 Å². The molecule has 3 N–H and O–H groups in total. The largest absolute Gasteiger partial charge is 0.351 e. The molecule has 0 unspecified atom stereocenters. The molecule has 3 rings (SSSR count). The molecule has 0 bridgehead atoms. The van der Waals surface area contributed by atoms with Gasteiger partial charge in [0.05, 0.1) is 6.54 Å². The number of sulfonamides is 1. The number of carbonyl (C=O) groups is 1. The quantitative estimate of drug-likeness (QED) is 0.624. The second-order valence-corrected chi connectivity index (χ2v) is 8.80. The Hall–Kier alpha value is -2.08. The Labute approximate surface area is 151 Å². The molecule has 3 aromatic rings. The monoisotopic (exact) mass is 398 g/mol. The zero-order valence-electron chi connectivity index (χ0n) is 12.8. The minimum absolute atomic E-state index is 0.0727. The number of amides is 1. The Morgan fingerprint density at radius 1 is 1.32 bits per heavy atom. The van der Waals surface area contributed by atoms with Crippen LogP contribution in [0.4, 0.5) is 0 Å². The summed E-state index contributed by atoms with van der Waals surface area (Å²) >= 11 is 2.57. The molecule has 0 fully saturated rings. The lowest BCUT2D eigenvalue weighted by molar-refractivity contribution is -0.121. The first kappa shape index (κ1) is 17.7. The van der Waals surface area contributed by atoms with Crippen molar-refractivity contribution in [2.24, 2.45) is 5.14 Å². The Bertz CT molecular complexity index is 960. The molecule has 0 aliphatic rings. The average Bonchev–Trinajstić information content (AvgIpc) is 3.31. The fourth-order valence-corrected chi connectivity index (χ4v) is 4.32. The number of thiophene rings is 2. The maximum atomic E-state index is 11.9. The van der Waals surface area contributed by atoms with Crippen molar-refractivity contribution in [2.75, 3.05) is 0 Å². The summed E-state index contributed by atoms with van der Waals surface area (Å²) in [5.74, 6) is 0.704. The van der Waals surface area contributed by atoms with Gasteiger partial charge in [0.2, 0.25) is 27.6 Å². The average molecular weight is 398 g/mol. The topological polar surface area (TPSA) is 128 Å². The molecule has 0 radical (unpaired) electrons. The second kappa shape index (κ2) is 7.44. The van der Waals surface area contributed by atoms with Crippen LogP contribution in [-0.2, 0) is 27.8 Å². The van der Waals surface area contributed by atoms with Crippen molar-refractivity contribution in [3.63, 3.8) is 0 Å². The standard InChI is InChI=1S/C14H14N4O4S3/c15-25(20,21)13-4-1-10(24-13)7-16-11(19)2-3-12-17-14(18-22-12)9-5-6-23-8-9/h1,4-6,8H,2-3,7H2,(H,16,19)(H2,15,20,21). The molecule has 3 heterocycles. The number of aryl methyl sites for hydroxylation is 1. The van der Waals surface area contributed by atoms with E-state index in [9.17, 15) is 13.2 Å². The van der Waals surface area contributed by atoms with Crippen molar-refractivity contribution in [1.29, 1.82) is 0 Å². The lowest BCUT2D eigenvalue weighted by atomic mass is 10.3. The van der Waals surface area contributed by atoms with Crippen molar-refractivity contribution >= 4 is 38.6 Å². The predicted octanol–water partition coefficient (Wildman–Crippen LogP) is 1.76. The zero-order valence-corrected chi connectivity index (χ0v) is 15.3. The first-order valence-electron chi connectivity index (χ1n) is 7.15. The van der Waals surface area contributed by atoms with Crippen LogP contribution in [0.25, 0.3) is 11.4 Å². The molecule has 3 aromatic heterocycles. The summed E-state index contributed by atoms with van der Waals surface area (Å²) in [6, 6.07) is 4.94. The number of aromatic nitrogens is 2. The van der Waals surface area contributed by atoms with Crippen LogP contribution in [0.2, 0.25) is 0 Å². The molecular formula is C14H14N4O4S3. The SMILES string of the molecule is NS(=O)(=O)c1ccc(CNC(=O)CCc2nc(-c3ccsc3)no2)s1. The van der Waals surface area contributed by atoms with Crippen LogP contribution < -0.4 is 10.5 Å². The smallest absolute Gasteiger partial charge is 0.247 e. The third-order valence-corrected chi connectivity index (χ3v) is 6.40. The number of primary sulfonamides is 1. The molecule has 0 aromatic carbocycles. The third kappa shape index (κ3) is 4.72. The van der Waals surface area contributed by atoms with Crippen molar-refractivity contribution < 1.29 is 17.7 Å². The second-order valence-electron chi connectivity index (χ2n) is 5.07. The minimum atomic E-state index is -3.70. The maximum Gasteiger partial charge on any atom is 0.247 e. The lowest BCUT2D eigenvalue weighted by Crippen LogP contribution is -2.22. The summed E-state index contributed by atoms with van der Waals surface area (Å²) < 4.78 is 27.6. The van der Waals surface area contributed by atoms with Gasteiger partial charge in [0, 0.05) is 28.7 Å². The van der Waals surface area contributed by atoms with Gasteiger partial charge in [-0.25, -0.2) is 13.6 Å². The number of rotatable bonds is 7. The summed E-state index contributed by atoms with van der Waals surface area (Å²) in [5.41, 5.74) is 0.882. The summed E-state index contributed by atoms with van der Waals surface area (Å²) in [6.07, 6.45) is 0.522. The van der Waals surface area contributed by atoms with E-state index in [1.165, 1.54) is 17.4 Å². The van der Waals surface area contributed by atoms with E-state index >= 15 is 0 Å². The molecule has 0 aliphatic carbocycles. The number of carbonyl (C=O) groups excluding carboxylic acids is 1. The van der Waals surface area contributed by atoms with Gasteiger partial charge in [0.25, 0.3) is 0 Å². The Morgan fingerprint density at radius 2 is 2.16 bits per heavy atom. The number of nitrogens with zero attached hydrogens (tertiary/aromatic N) is 2. The van der Waals surface area contributed by atoms with Crippen LogP contribution in [0.1, 0.15) is 17.2 Å². The van der Waals surface area contributed by atoms with Gasteiger partial charge >= 0.3 is 0 Å². The highest BCUT2D eigenvalue weighted by atomic mass is 32.2. The third-order valence-electron chi connectivity index (χ3n) is 3.19. The number of nitrogens with one attached hydrogen (secondary N) is 1. The first-order valence-corrected chi connectivity index (χ1v) is 10.5. The van der Waals surface area contributed by atoms with E-state index in [-0.39, 0.29) is 23.1 Å². The van der Waals surface area contributed by atoms with E-state index in [0.717, 1.165) is 16.9 Å². The highest BCUT2D eigenvalue weighted by Gasteiger charge is 2.13. The first-order chi connectivity index (χ1) is 11.9. The Balaban J connectivity index is 1.48. The number of hydrogen-bond acceptors (Lipinski definition) is 8. The van der Waals surface area contributed by atoms with Crippen molar-refractivity contribution in [1.82, 2.24) is 15.5 Å². The highest BCUT2D eigenvalue weighted by Crippen LogP contribution is 2.20. The predicted molar refractivity (Wildman–Crippen MR) is 93.5 cm³/mol. The molecule has 1 amide bonds. The Morgan fingerprint density at radius 3 is 2.84 bits per heavy atom. The highest BCUT2D eigenvalue weighted by molar-refractivity contribution is 7.91. The van der Waals surface area contributed by atoms with E-state index in [4.69, 9.17) is 9.66 Å². The van der Waals surface area contributed by atoms with Crippen LogP contribution in [0.15, 0.2) is 37.7 Å². The molecule has 0 saturated carbocycles. The van der Waals surface area contributed by atoms with Gasteiger partial charge in [-0.2, -0.15) is 16.3 Å². The summed E-state index contributed by atoms with van der Waals surface area (Å²) in [4.78, 5) is 16.8. The van der Waals surface area contributed by atoms with Gasteiger partial charge in [-0.1, -0.05) is 5.16 Å². The van der Waals surface area contributed by atoms with E-state index < -0.39 is 10.0 Å².